The Bertz CT molecular complexity index is 568. The lowest BCUT2D eigenvalue weighted by molar-refractivity contribution is -0.192. The minimum atomic E-state index is -5.08. The number of alkyl halides is 3. The Labute approximate surface area is 103 Å². The summed E-state index contributed by atoms with van der Waals surface area (Å²) in [5.41, 5.74) is 7.41. The number of carboxylic acid groups (broad SMARTS) is 1. The Kier molecular flexibility index (Phi) is 4.07. The molecule has 0 aliphatic heterocycles. The molecule has 2 aromatic heterocycles. The van der Waals surface area contributed by atoms with Crippen LogP contribution in [0.15, 0.2) is 12.3 Å². The molecule has 2 rings (SSSR count). The highest BCUT2D eigenvalue weighted by atomic mass is 32.1. The highest BCUT2D eigenvalue weighted by Crippen LogP contribution is 2.24. The van der Waals surface area contributed by atoms with Gasteiger partial charge in [0, 0.05) is 6.20 Å². The van der Waals surface area contributed by atoms with Gasteiger partial charge in [-0.05, 0) is 13.0 Å². The van der Waals surface area contributed by atoms with Crippen molar-refractivity contribution in [2.24, 2.45) is 0 Å². The lowest BCUT2D eigenvalue weighted by atomic mass is 10.3. The van der Waals surface area contributed by atoms with Gasteiger partial charge in [0.2, 0.25) is 0 Å². The van der Waals surface area contributed by atoms with Crippen LogP contribution >= 0.6 is 11.3 Å². The van der Waals surface area contributed by atoms with Gasteiger partial charge in [0.15, 0.2) is 5.13 Å². The van der Waals surface area contributed by atoms with E-state index in [0.717, 1.165) is 15.9 Å². The maximum atomic E-state index is 10.6. The number of hydrogen-bond acceptors (Lipinski definition) is 5. The first-order valence-electron chi connectivity index (χ1n) is 4.49. The number of anilines is 1. The van der Waals surface area contributed by atoms with Crippen molar-refractivity contribution < 1.29 is 23.1 Å². The zero-order valence-corrected chi connectivity index (χ0v) is 9.84. The van der Waals surface area contributed by atoms with Crippen LogP contribution in [0.4, 0.5) is 18.3 Å². The smallest absolute Gasteiger partial charge is 0.475 e. The molecule has 0 atom stereocenters. The molecule has 5 nitrogen and oxygen atoms in total. The van der Waals surface area contributed by atoms with Crippen LogP contribution in [0.3, 0.4) is 0 Å². The second-order valence-electron chi connectivity index (χ2n) is 3.10. The molecule has 98 valence electrons. The van der Waals surface area contributed by atoms with Crippen molar-refractivity contribution in [3.8, 4) is 0 Å². The molecule has 2 aromatic rings. The fraction of sp³-hybridized carbons (Fsp3) is 0.222. The summed E-state index contributed by atoms with van der Waals surface area (Å²) in [4.78, 5) is 17.2. The number of rotatable bonds is 0. The van der Waals surface area contributed by atoms with Crippen LogP contribution in [-0.4, -0.2) is 27.2 Å². The first-order chi connectivity index (χ1) is 8.21. The number of thiazole rings is 1. The van der Waals surface area contributed by atoms with Gasteiger partial charge in [0.25, 0.3) is 0 Å². The Hall–Kier alpha value is -1.90. The van der Waals surface area contributed by atoms with Gasteiger partial charge in [-0.2, -0.15) is 13.2 Å². The number of carboxylic acids is 1. The van der Waals surface area contributed by atoms with Gasteiger partial charge in [-0.3, -0.25) is 4.98 Å². The van der Waals surface area contributed by atoms with Crippen molar-refractivity contribution in [3.63, 3.8) is 0 Å². The molecule has 0 aromatic carbocycles. The van der Waals surface area contributed by atoms with Crippen molar-refractivity contribution in [1.29, 1.82) is 0 Å². The van der Waals surface area contributed by atoms with Gasteiger partial charge >= 0.3 is 12.1 Å². The molecule has 0 amide bonds. The first kappa shape index (κ1) is 14.2. The maximum Gasteiger partial charge on any atom is 0.490 e. The molecule has 9 heteroatoms. The zero-order valence-electron chi connectivity index (χ0n) is 9.02. The second kappa shape index (κ2) is 5.17. The lowest BCUT2D eigenvalue weighted by Gasteiger charge is -1.93. The molecular formula is C9H8F3N3O2S. The van der Waals surface area contributed by atoms with Gasteiger partial charge < -0.3 is 10.8 Å². The topological polar surface area (TPSA) is 89.1 Å². The van der Waals surface area contributed by atoms with E-state index in [-0.39, 0.29) is 0 Å². The van der Waals surface area contributed by atoms with Crippen LogP contribution in [0, 0.1) is 6.92 Å². The number of aryl methyl sites for hydroxylation is 1. The summed E-state index contributed by atoms with van der Waals surface area (Å²) in [5, 5.41) is 7.73. The second-order valence-corrected chi connectivity index (χ2v) is 4.16. The molecular weight excluding hydrogens is 271 g/mol. The van der Waals surface area contributed by atoms with Crippen LogP contribution in [0.2, 0.25) is 0 Å². The number of halogens is 3. The van der Waals surface area contributed by atoms with E-state index in [4.69, 9.17) is 15.6 Å². The summed E-state index contributed by atoms with van der Waals surface area (Å²) in [6, 6.07) is 1.93. The standard InChI is InChI=1S/C7H7N3S.C2HF3O2/c1-4-6-5(2-3-9-4)11-7(8)10-6;3-2(4,5)1(6)7/h2-3H,1H3,(H2,8,10);(H,6,7). The normalized spacial score (nSPS) is 10.9. The Morgan fingerprint density at radius 1 is 1.50 bits per heavy atom. The number of aromatic nitrogens is 2. The number of pyridine rings is 1. The van der Waals surface area contributed by atoms with E-state index >= 15 is 0 Å². The molecule has 18 heavy (non-hydrogen) atoms. The van der Waals surface area contributed by atoms with E-state index in [9.17, 15) is 13.2 Å². The van der Waals surface area contributed by atoms with E-state index in [0.29, 0.717) is 5.13 Å². The summed E-state index contributed by atoms with van der Waals surface area (Å²) < 4.78 is 32.8. The number of nitrogens with zero attached hydrogens (tertiary/aromatic N) is 2. The van der Waals surface area contributed by atoms with Crippen molar-refractivity contribution in [1.82, 2.24) is 9.97 Å². The Balaban J connectivity index is 0.000000203. The van der Waals surface area contributed by atoms with Gasteiger partial charge in [0.05, 0.1) is 10.4 Å². The third-order valence-electron chi connectivity index (χ3n) is 1.75. The summed E-state index contributed by atoms with van der Waals surface area (Å²) in [7, 11) is 0. The summed E-state index contributed by atoms with van der Waals surface area (Å²) in [5.74, 6) is -2.76. The Morgan fingerprint density at radius 3 is 2.50 bits per heavy atom. The SMILES string of the molecule is Cc1nccc2sc(N)nc12.O=C(O)C(F)(F)F. The molecule has 0 spiro atoms. The van der Waals surface area contributed by atoms with E-state index < -0.39 is 12.1 Å². The monoisotopic (exact) mass is 279 g/mol. The third-order valence-corrected chi connectivity index (χ3v) is 2.60. The highest BCUT2D eigenvalue weighted by molar-refractivity contribution is 7.22. The number of hydrogen-bond donors (Lipinski definition) is 2. The molecule has 0 aliphatic rings. The van der Waals surface area contributed by atoms with Crippen LogP contribution < -0.4 is 5.73 Å². The molecule has 3 N–H and O–H groups in total. The van der Waals surface area contributed by atoms with Crippen molar-refractivity contribution in [2.45, 2.75) is 13.1 Å². The van der Waals surface area contributed by atoms with Crippen LogP contribution in [-0.2, 0) is 4.79 Å². The average molecular weight is 279 g/mol. The summed E-state index contributed by atoms with van der Waals surface area (Å²) >= 11 is 1.49. The minimum absolute atomic E-state index is 0.608. The van der Waals surface area contributed by atoms with E-state index in [1.165, 1.54) is 11.3 Å². The van der Waals surface area contributed by atoms with Gasteiger partial charge in [-0.15, -0.1) is 0 Å². The van der Waals surface area contributed by atoms with Crippen molar-refractivity contribution in [3.05, 3.63) is 18.0 Å². The molecule has 0 radical (unpaired) electrons. The van der Waals surface area contributed by atoms with Gasteiger partial charge in [-0.1, -0.05) is 11.3 Å². The van der Waals surface area contributed by atoms with Gasteiger partial charge in [-0.25, -0.2) is 9.78 Å². The van der Waals surface area contributed by atoms with E-state index in [1.54, 1.807) is 6.20 Å². The molecule has 0 saturated heterocycles. The lowest BCUT2D eigenvalue weighted by Crippen LogP contribution is -2.21. The molecule has 0 aliphatic carbocycles. The Morgan fingerprint density at radius 2 is 2.06 bits per heavy atom. The fourth-order valence-electron chi connectivity index (χ4n) is 0.999. The van der Waals surface area contributed by atoms with Gasteiger partial charge in [0.1, 0.15) is 5.52 Å². The number of aliphatic carboxylic acids is 1. The predicted molar refractivity (Wildman–Crippen MR) is 60.3 cm³/mol. The van der Waals surface area contributed by atoms with E-state index in [1.807, 2.05) is 13.0 Å². The van der Waals surface area contributed by atoms with Crippen molar-refractivity contribution >= 4 is 32.7 Å². The largest absolute Gasteiger partial charge is 0.490 e. The molecule has 0 fully saturated rings. The maximum absolute atomic E-state index is 10.6. The fourth-order valence-corrected chi connectivity index (χ4v) is 1.78. The quantitative estimate of drug-likeness (QED) is 0.771. The predicted octanol–water partition coefficient (Wildman–Crippen LogP) is 2.22. The number of fused-ring (bicyclic) bond motifs is 1. The molecule has 0 unspecified atom stereocenters. The van der Waals surface area contributed by atoms with Crippen LogP contribution in [0.1, 0.15) is 5.69 Å². The molecule has 0 bridgehead atoms. The summed E-state index contributed by atoms with van der Waals surface area (Å²) in [6.07, 6.45) is -3.31. The van der Waals surface area contributed by atoms with Crippen LogP contribution in [0.25, 0.3) is 10.2 Å². The number of nitrogens with two attached hydrogens (primary N) is 1. The van der Waals surface area contributed by atoms with Crippen molar-refractivity contribution in [2.75, 3.05) is 5.73 Å². The molecule has 2 heterocycles. The third kappa shape index (κ3) is 3.55. The molecule has 0 saturated carbocycles. The zero-order chi connectivity index (χ0) is 13.9. The highest BCUT2D eigenvalue weighted by Gasteiger charge is 2.38. The first-order valence-corrected chi connectivity index (χ1v) is 5.31. The minimum Gasteiger partial charge on any atom is -0.475 e. The summed E-state index contributed by atoms with van der Waals surface area (Å²) in [6.45, 7) is 1.93. The average Bonchev–Trinajstić information content (AvgIpc) is 2.59. The van der Waals surface area contributed by atoms with E-state index in [2.05, 4.69) is 9.97 Å². The number of carbonyl (C=O) groups is 1. The van der Waals surface area contributed by atoms with Crippen LogP contribution in [0.5, 0.6) is 0 Å². The number of nitrogen functional groups attached to an aromatic ring is 1.